The standard InChI is InChI=1S/C11H12N4O/c12-5-10-13-11(15-14-10)8-6-16-9-4-2-1-3-7(8)9/h1-4,8H,5-6,12H2,(H,13,14,15). The van der Waals surface area contributed by atoms with Crippen LogP contribution in [0, 0.1) is 0 Å². The maximum Gasteiger partial charge on any atom is 0.161 e. The molecule has 5 nitrogen and oxygen atoms in total. The number of H-pyrrole nitrogens is 1. The minimum Gasteiger partial charge on any atom is -0.492 e. The second-order valence-corrected chi connectivity index (χ2v) is 3.75. The number of nitrogens with one attached hydrogen (secondary N) is 1. The summed E-state index contributed by atoms with van der Waals surface area (Å²) in [5, 5.41) is 6.99. The number of nitrogens with two attached hydrogens (primary N) is 1. The highest BCUT2D eigenvalue weighted by Crippen LogP contribution is 2.36. The molecule has 82 valence electrons. The molecule has 0 aliphatic carbocycles. The lowest BCUT2D eigenvalue weighted by Gasteiger charge is -2.02. The first kappa shape index (κ1) is 9.35. The van der Waals surface area contributed by atoms with Gasteiger partial charge in [0.2, 0.25) is 0 Å². The molecule has 0 amide bonds. The first-order valence-electron chi connectivity index (χ1n) is 5.21. The molecule has 1 atom stereocenters. The molecule has 5 heteroatoms. The number of rotatable bonds is 2. The van der Waals surface area contributed by atoms with E-state index in [-0.39, 0.29) is 5.92 Å². The molecular formula is C11H12N4O. The topological polar surface area (TPSA) is 76.8 Å². The van der Waals surface area contributed by atoms with Gasteiger partial charge in [0.25, 0.3) is 0 Å². The molecule has 0 radical (unpaired) electrons. The van der Waals surface area contributed by atoms with Gasteiger partial charge >= 0.3 is 0 Å². The molecule has 1 unspecified atom stereocenters. The number of hydrogen-bond acceptors (Lipinski definition) is 4. The molecule has 0 saturated heterocycles. The molecule has 1 aliphatic heterocycles. The zero-order chi connectivity index (χ0) is 11.0. The van der Waals surface area contributed by atoms with Gasteiger partial charge in [-0.1, -0.05) is 18.2 Å². The molecule has 1 aromatic carbocycles. The van der Waals surface area contributed by atoms with E-state index in [9.17, 15) is 0 Å². The van der Waals surface area contributed by atoms with E-state index < -0.39 is 0 Å². The molecule has 0 spiro atoms. The quantitative estimate of drug-likeness (QED) is 0.778. The van der Waals surface area contributed by atoms with E-state index in [1.807, 2.05) is 24.3 Å². The number of hydrogen-bond donors (Lipinski definition) is 2. The Morgan fingerprint density at radius 1 is 1.44 bits per heavy atom. The average molecular weight is 216 g/mol. The smallest absolute Gasteiger partial charge is 0.161 e. The van der Waals surface area contributed by atoms with Crippen LogP contribution >= 0.6 is 0 Å². The van der Waals surface area contributed by atoms with Gasteiger partial charge in [-0.15, -0.1) is 0 Å². The van der Waals surface area contributed by atoms with E-state index in [4.69, 9.17) is 10.5 Å². The number of aromatic amines is 1. The average Bonchev–Trinajstić information content (AvgIpc) is 2.94. The summed E-state index contributed by atoms with van der Waals surface area (Å²) in [7, 11) is 0. The Hall–Kier alpha value is -1.88. The molecule has 2 heterocycles. The fraction of sp³-hybridized carbons (Fsp3) is 0.273. The van der Waals surface area contributed by atoms with Crippen molar-refractivity contribution in [3.63, 3.8) is 0 Å². The van der Waals surface area contributed by atoms with Crippen molar-refractivity contribution in [1.82, 2.24) is 15.2 Å². The fourth-order valence-corrected chi connectivity index (χ4v) is 1.93. The first-order valence-corrected chi connectivity index (χ1v) is 5.21. The maximum absolute atomic E-state index is 5.58. The number of ether oxygens (including phenoxy) is 1. The fourth-order valence-electron chi connectivity index (χ4n) is 1.93. The van der Waals surface area contributed by atoms with Gasteiger partial charge in [0.1, 0.15) is 18.2 Å². The summed E-state index contributed by atoms with van der Waals surface area (Å²) in [4.78, 5) is 4.34. The third-order valence-corrected chi connectivity index (χ3v) is 2.75. The van der Waals surface area contributed by atoms with Crippen LogP contribution in [-0.4, -0.2) is 21.8 Å². The van der Waals surface area contributed by atoms with Crippen molar-refractivity contribution in [3.05, 3.63) is 41.5 Å². The van der Waals surface area contributed by atoms with Gasteiger partial charge in [-0.2, -0.15) is 5.10 Å². The Kier molecular flexibility index (Phi) is 2.11. The second-order valence-electron chi connectivity index (χ2n) is 3.75. The summed E-state index contributed by atoms with van der Waals surface area (Å²) in [6.07, 6.45) is 0. The highest BCUT2D eigenvalue weighted by Gasteiger charge is 2.28. The molecule has 2 aromatic rings. The van der Waals surface area contributed by atoms with Gasteiger partial charge < -0.3 is 10.5 Å². The zero-order valence-electron chi connectivity index (χ0n) is 8.68. The molecule has 3 rings (SSSR count). The van der Waals surface area contributed by atoms with Crippen LogP contribution in [0.15, 0.2) is 24.3 Å². The van der Waals surface area contributed by atoms with Crippen molar-refractivity contribution in [2.45, 2.75) is 12.5 Å². The lowest BCUT2D eigenvalue weighted by Crippen LogP contribution is -2.05. The Morgan fingerprint density at radius 2 is 2.31 bits per heavy atom. The number of para-hydroxylation sites is 1. The molecule has 0 fully saturated rings. The van der Waals surface area contributed by atoms with Gasteiger partial charge in [0.15, 0.2) is 5.82 Å². The largest absolute Gasteiger partial charge is 0.492 e. The highest BCUT2D eigenvalue weighted by molar-refractivity contribution is 5.42. The van der Waals surface area contributed by atoms with Gasteiger partial charge in [-0.25, -0.2) is 4.98 Å². The molecular weight excluding hydrogens is 204 g/mol. The second kappa shape index (κ2) is 3.61. The molecule has 16 heavy (non-hydrogen) atoms. The first-order chi connectivity index (χ1) is 7.88. The van der Waals surface area contributed by atoms with E-state index in [0.29, 0.717) is 19.0 Å². The predicted octanol–water partition coefficient (Wildman–Crippen LogP) is 0.788. The SMILES string of the molecule is NCc1nc(C2COc3ccccc32)n[nH]1. The number of fused-ring (bicyclic) bond motifs is 1. The summed E-state index contributed by atoms with van der Waals surface area (Å²) >= 11 is 0. The molecule has 0 saturated carbocycles. The minimum absolute atomic E-state index is 0.118. The van der Waals surface area contributed by atoms with Crippen LogP contribution < -0.4 is 10.5 Å². The summed E-state index contributed by atoms with van der Waals surface area (Å²) in [6, 6.07) is 7.97. The maximum atomic E-state index is 5.58. The van der Waals surface area contributed by atoms with Crippen molar-refractivity contribution in [1.29, 1.82) is 0 Å². The van der Waals surface area contributed by atoms with E-state index in [0.717, 1.165) is 17.1 Å². The zero-order valence-corrected chi connectivity index (χ0v) is 8.68. The van der Waals surface area contributed by atoms with E-state index in [1.54, 1.807) is 0 Å². The minimum atomic E-state index is 0.118. The molecule has 0 bridgehead atoms. The van der Waals surface area contributed by atoms with Crippen LogP contribution in [0.3, 0.4) is 0 Å². The van der Waals surface area contributed by atoms with Crippen molar-refractivity contribution in [3.8, 4) is 5.75 Å². The monoisotopic (exact) mass is 216 g/mol. The highest BCUT2D eigenvalue weighted by atomic mass is 16.5. The normalized spacial score (nSPS) is 18.2. The number of nitrogens with zero attached hydrogens (tertiary/aromatic N) is 2. The Bertz CT molecular complexity index is 508. The summed E-state index contributed by atoms with van der Waals surface area (Å²) < 4.78 is 5.58. The number of aromatic nitrogens is 3. The molecule has 3 N–H and O–H groups in total. The third kappa shape index (κ3) is 1.37. The van der Waals surface area contributed by atoms with Gasteiger partial charge in [-0.05, 0) is 6.07 Å². The van der Waals surface area contributed by atoms with Crippen LogP contribution in [0.4, 0.5) is 0 Å². The van der Waals surface area contributed by atoms with E-state index in [2.05, 4.69) is 15.2 Å². The lowest BCUT2D eigenvalue weighted by atomic mass is 10.0. The molecule has 1 aliphatic rings. The van der Waals surface area contributed by atoms with Crippen molar-refractivity contribution < 1.29 is 4.74 Å². The summed E-state index contributed by atoms with van der Waals surface area (Å²) in [5.74, 6) is 2.50. The summed E-state index contributed by atoms with van der Waals surface area (Å²) in [5.41, 5.74) is 6.64. The Morgan fingerprint density at radius 3 is 3.12 bits per heavy atom. The van der Waals surface area contributed by atoms with Crippen LogP contribution in [-0.2, 0) is 6.54 Å². The van der Waals surface area contributed by atoms with E-state index >= 15 is 0 Å². The van der Waals surface area contributed by atoms with E-state index in [1.165, 1.54) is 0 Å². The van der Waals surface area contributed by atoms with Crippen LogP contribution in [0.25, 0.3) is 0 Å². The van der Waals surface area contributed by atoms with Crippen LogP contribution in [0.1, 0.15) is 23.1 Å². The molecule has 1 aromatic heterocycles. The van der Waals surface area contributed by atoms with Gasteiger partial charge in [0.05, 0.1) is 12.5 Å². The lowest BCUT2D eigenvalue weighted by molar-refractivity contribution is 0.340. The third-order valence-electron chi connectivity index (χ3n) is 2.75. The Balaban J connectivity index is 1.98. The van der Waals surface area contributed by atoms with Gasteiger partial charge in [0, 0.05) is 5.56 Å². The van der Waals surface area contributed by atoms with Crippen molar-refractivity contribution in [2.24, 2.45) is 5.73 Å². The van der Waals surface area contributed by atoms with Crippen LogP contribution in [0.5, 0.6) is 5.75 Å². The van der Waals surface area contributed by atoms with Crippen molar-refractivity contribution >= 4 is 0 Å². The van der Waals surface area contributed by atoms with Crippen molar-refractivity contribution in [2.75, 3.05) is 6.61 Å². The Labute approximate surface area is 92.6 Å². The van der Waals surface area contributed by atoms with Crippen LogP contribution in [0.2, 0.25) is 0 Å². The predicted molar refractivity (Wildman–Crippen MR) is 58.1 cm³/mol. The summed E-state index contributed by atoms with van der Waals surface area (Å²) in [6.45, 7) is 0.976. The number of benzene rings is 1. The van der Waals surface area contributed by atoms with Gasteiger partial charge in [-0.3, -0.25) is 5.10 Å².